The predicted molar refractivity (Wildman–Crippen MR) is 56.5 cm³/mol. The fourth-order valence-corrected chi connectivity index (χ4v) is 1.62. The molecule has 0 aromatic carbocycles. The highest BCUT2D eigenvalue weighted by Gasteiger charge is 2.27. The second-order valence-corrected chi connectivity index (χ2v) is 4.02. The van der Waals surface area contributed by atoms with Crippen LogP contribution in [0.1, 0.15) is 6.42 Å². The zero-order chi connectivity index (χ0) is 12.6. The van der Waals surface area contributed by atoms with Crippen molar-refractivity contribution in [1.29, 1.82) is 0 Å². The number of urea groups is 1. The van der Waals surface area contributed by atoms with Crippen molar-refractivity contribution in [1.82, 2.24) is 10.6 Å². The molecule has 0 aromatic rings. The first kappa shape index (κ1) is 15.4. The van der Waals surface area contributed by atoms with Crippen LogP contribution in [0.4, 0.5) is 18.0 Å². The summed E-state index contributed by atoms with van der Waals surface area (Å²) in [7, 11) is 0. The first-order valence-corrected chi connectivity index (χ1v) is 5.99. The number of halogens is 3. The number of aliphatic hydroxyl groups excluding tert-OH is 1. The molecule has 1 atom stereocenters. The summed E-state index contributed by atoms with van der Waals surface area (Å²) in [6, 6.07) is -1.20. The Bertz CT molecular complexity index is 208. The molecule has 2 amide bonds. The number of hydrogen-bond acceptors (Lipinski definition) is 3. The molecule has 1 unspecified atom stereocenters. The molecule has 0 saturated carbocycles. The second-order valence-electron chi connectivity index (χ2n) is 3.11. The summed E-state index contributed by atoms with van der Waals surface area (Å²) in [4.78, 5) is 11.0. The van der Waals surface area contributed by atoms with Gasteiger partial charge >= 0.3 is 12.2 Å². The molecule has 0 spiro atoms. The van der Waals surface area contributed by atoms with Crippen molar-refractivity contribution in [3.8, 4) is 0 Å². The van der Waals surface area contributed by atoms with Gasteiger partial charge in [-0.05, 0) is 12.7 Å². The van der Waals surface area contributed by atoms with E-state index in [0.29, 0.717) is 12.2 Å². The maximum Gasteiger partial charge on any atom is 0.405 e. The van der Waals surface area contributed by atoms with E-state index in [9.17, 15) is 18.0 Å². The van der Waals surface area contributed by atoms with E-state index in [1.807, 2.05) is 0 Å². The van der Waals surface area contributed by atoms with E-state index in [-0.39, 0.29) is 12.6 Å². The molecule has 16 heavy (non-hydrogen) atoms. The molecule has 0 bridgehead atoms. The maximum absolute atomic E-state index is 11.8. The second kappa shape index (κ2) is 7.61. The van der Waals surface area contributed by atoms with Gasteiger partial charge in [-0.3, -0.25) is 0 Å². The van der Waals surface area contributed by atoms with Crippen LogP contribution in [0.15, 0.2) is 0 Å². The summed E-state index contributed by atoms with van der Waals surface area (Å²) in [5.74, 6) is 0.542. The largest absolute Gasteiger partial charge is 0.405 e. The molecular weight excluding hydrogens is 245 g/mol. The highest BCUT2D eigenvalue weighted by molar-refractivity contribution is 7.98. The lowest BCUT2D eigenvalue weighted by atomic mass is 10.2. The van der Waals surface area contributed by atoms with E-state index in [2.05, 4.69) is 5.32 Å². The Balaban J connectivity index is 3.90. The molecule has 0 heterocycles. The minimum atomic E-state index is -4.41. The van der Waals surface area contributed by atoms with Crippen LogP contribution < -0.4 is 10.6 Å². The molecule has 0 aromatic heterocycles. The van der Waals surface area contributed by atoms with Gasteiger partial charge < -0.3 is 15.7 Å². The van der Waals surface area contributed by atoms with Gasteiger partial charge in [0.2, 0.25) is 0 Å². The van der Waals surface area contributed by atoms with Gasteiger partial charge in [0, 0.05) is 18.4 Å². The van der Waals surface area contributed by atoms with Gasteiger partial charge in [0.15, 0.2) is 0 Å². The Morgan fingerprint density at radius 2 is 2.12 bits per heavy atom. The highest BCUT2D eigenvalue weighted by atomic mass is 32.2. The molecule has 4 nitrogen and oxygen atoms in total. The molecule has 96 valence electrons. The Kier molecular flexibility index (Phi) is 7.31. The number of hydrogen-bond donors (Lipinski definition) is 3. The summed E-state index contributed by atoms with van der Waals surface area (Å²) in [6.45, 7) is -1.48. The molecule has 0 saturated heterocycles. The molecular formula is C8H15F3N2O2S. The van der Waals surface area contributed by atoms with Gasteiger partial charge in [-0.25, -0.2) is 4.79 Å². The summed E-state index contributed by atoms with van der Waals surface area (Å²) >= 11 is 1.44. The van der Waals surface area contributed by atoms with Crippen LogP contribution in [0.5, 0.6) is 0 Å². The minimum absolute atomic E-state index is 0.120. The maximum atomic E-state index is 11.8. The lowest BCUT2D eigenvalue weighted by Gasteiger charge is -2.17. The fourth-order valence-electron chi connectivity index (χ4n) is 0.971. The molecule has 8 heteroatoms. The van der Waals surface area contributed by atoms with Gasteiger partial charge in [0.05, 0.1) is 0 Å². The zero-order valence-corrected chi connectivity index (χ0v) is 9.62. The van der Waals surface area contributed by atoms with Crippen molar-refractivity contribution in [2.75, 3.05) is 25.2 Å². The molecule has 0 aliphatic rings. The normalized spacial score (nSPS) is 13.3. The van der Waals surface area contributed by atoms with E-state index in [1.54, 1.807) is 11.6 Å². The fraction of sp³-hybridized carbons (Fsp3) is 0.875. The van der Waals surface area contributed by atoms with Gasteiger partial charge in [-0.15, -0.1) is 0 Å². The van der Waals surface area contributed by atoms with Gasteiger partial charge in [-0.1, -0.05) is 0 Å². The van der Waals surface area contributed by atoms with Gasteiger partial charge in [0.1, 0.15) is 6.54 Å². The standard InChI is InChI=1S/C8H15F3N2O2S/c1-16-4-6(2-3-14)13-7(15)12-5-8(9,10)11/h6,14H,2-5H2,1H3,(H2,12,13,15). The first-order valence-electron chi connectivity index (χ1n) is 4.60. The summed E-state index contributed by atoms with van der Waals surface area (Å²) in [6.07, 6.45) is -2.29. The number of carbonyl (C=O) groups is 1. The van der Waals surface area contributed by atoms with Crippen LogP contribution in [-0.4, -0.2) is 48.5 Å². The molecule has 0 aliphatic heterocycles. The summed E-state index contributed by atoms with van der Waals surface area (Å²) in [5, 5.41) is 12.7. The lowest BCUT2D eigenvalue weighted by molar-refractivity contribution is -0.122. The Morgan fingerprint density at radius 1 is 1.50 bits per heavy atom. The Labute approximate surface area is 96.0 Å². The SMILES string of the molecule is CSCC(CCO)NC(=O)NCC(F)(F)F. The van der Waals surface area contributed by atoms with Gasteiger partial charge in [-0.2, -0.15) is 24.9 Å². The quantitative estimate of drug-likeness (QED) is 0.666. The number of nitrogens with one attached hydrogen (secondary N) is 2. The van der Waals surface area contributed by atoms with Crippen LogP contribution in [0.3, 0.4) is 0 Å². The molecule has 0 fully saturated rings. The number of amides is 2. The van der Waals surface area contributed by atoms with E-state index in [4.69, 9.17) is 5.11 Å². The average molecular weight is 260 g/mol. The summed E-state index contributed by atoms with van der Waals surface area (Å²) in [5.41, 5.74) is 0. The van der Waals surface area contributed by atoms with E-state index < -0.39 is 18.8 Å². The van der Waals surface area contributed by atoms with E-state index in [1.165, 1.54) is 11.8 Å². The zero-order valence-electron chi connectivity index (χ0n) is 8.80. The van der Waals surface area contributed by atoms with Crippen molar-refractivity contribution in [3.63, 3.8) is 0 Å². The molecule has 0 radical (unpaired) electrons. The van der Waals surface area contributed by atoms with Crippen LogP contribution in [0.25, 0.3) is 0 Å². The number of thioether (sulfide) groups is 1. The van der Waals surface area contributed by atoms with E-state index in [0.717, 1.165) is 0 Å². The lowest BCUT2D eigenvalue weighted by Crippen LogP contribution is -2.46. The first-order chi connectivity index (χ1) is 7.39. The third-order valence-electron chi connectivity index (χ3n) is 1.63. The average Bonchev–Trinajstić information content (AvgIpc) is 2.14. The Hall–Kier alpha value is -0.630. The van der Waals surface area contributed by atoms with Crippen LogP contribution in [0.2, 0.25) is 0 Å². The van der Waals surface area contributed by atoms with Crippen LogP contribution >= 0.6 is 11.8 Å². The van der Waals surface area contributed by atoms with Crippen molar-refractivity contribution in [2.45, 2.75) is 18.6 Å². The predicted octanol–water partition coefficient (Wildman–Crippen LogP) is 0.962. The van der Waals surface area contributed by atoms with Crippen molar-refractivity contribution in [3.05, 3.63) is 0 Å². The number of rotatable bonds is 6. The minimum Gasteiger partial charge on any atom is -0.396 e. The van der Waals surface area contributed by atoms with Crippen molar-refractivity contribution in [2.24, 2.45) is 0 Å². The van der Waals surface area contributed by atoms with Crippen LogP contribution in [-0.2, 0) is 0 Å². The van der Waals surface area contributed by atoms with E-state index >= 15 is 0 Å². The summed E-state index contributed by atoms with van der Waals surface area (Å²) < 4.78 is 35.3. The van der Waals surface area contributed by atoms with Crippen molar-refractivity contribution >= 4 is 17.8 Å². The number of alkyl halides is 3. The van der Waals surface area contributed by atoms with Crippen molar-refractivity contribution < 1.29 is 23.1 Å². The monoisotopic (exact) mass is 260 g/mol. The smallest absolute Gasteiger partial charge is 0.396 e. The number of carbonyl (C=O) groups excluding carboxylic acids is 1. The van der Waals surface area contributed by atoms with Crippen LogP contribution in [0, 0.1) is 0 Å². The third-order valence-corrected chi connectivity index (χ3v) is 2.37. The molecule has 3 N–H and O–H groups in total. The third kappa shape index (κ3) is 8.66. The number of aliphatic hydroxyl groups is 1. The molecule has 0 aliphatic carbocycles. The topological polar surface area (TPSA) is 61.4 Å². The Morgan fingerprint density at radius 3 is 2.56 bits per heavy atom. The molecule has 0 rings (SSSR count). The highest BCUT2D eigenvalue weighted by Crippen LogP contribution is 2.12. The van der Waals surface area contributed by atoms with Gasteiger partial charge in [0.25, 0.3) is 0 Å².